The number of rotatable bonds is 6. The summed E-state index contributed by atoms with van der Waals surface area (Å²) in [6.45, 7) is 3.81. The third-order valence-corrected chi connectivity index (χ3v) is 6.49. The predicted molar refractivity (Wildman–Crippen MR) is 128 cm³/mol. The molecule has 8 heteroatoms. The number of carbonyl (C=O) groups is 1. The smallest absolute Gasteiger partial charge is 0.258 e. The molecule has 2 aromatic heterocycles. The zero-order chi connectivity index (χ0) is 22.6. The molecule has 0 unspecified atom stereocenters. The van der Waals surface area contributed by atoms with Crippen molar-refractivity contribution in [2.24, 2.45) is 0 Å². The van der Waals surface area contributed by atoms with Crippen LogP contribution in [0, 0.1) is 0 Å². The number of benzene rings is 2. The van der Waals surface area contributed by atoms with Gasteiger partial charge in [-0.2, -0.15) is 0 Å². The maximum atomic E-state index is 13.0. The maximum Gasteiger partial charge on any atom is 0.258 e. The Morgan fingerprint density at radius 2 is 1.82 bits per heavy atom. The van der Waals surface area contributed by atoms with Crippen LogP contribution in [0.15, 0.2) is 77.0 Å². The van der Waals surface area contributed by atoms with Crippen molar-refractivity contribution < 1.29 is 9.53 Å². The highest BCUT2D eigenvalue weighted by Crippen LogP contribution is 2.18. The molecule has 0 saturated carbocycles. The molecule has 0 atom stereocenters. The number of ether oxygens (including phenoxy) is 1. The first-order chi connectivity index (χ1) is 16.2. The van der Waals surface area contributed by atoms with E-state index in [-0.39, 0.29) is 11.5 Å². The first-order valence-corrected chi connectivity index (χ1v) is 11.8. The van der Waals surface area contributed by atoms with E-state index < -0.39 is 0 Å². The fourth-order valence-corrected chi connectivity index (χ4v) is 4.69. The van der Waals surface area contributed by atoms with Crippen LogP contribution in [0.2, 0.25) is 0 Å². The van der Waals surface area contributed by atoms with E-state index in [9.17, 15) is 9.59 Å². The zero-order valence-electron chi connectivity index (χ0n) is 18.1. The van der Waals surface area contributed by atoms with Crippen molar-refractivity contribution in [1.29, 1.82) is 0 Å². The summed E-state index contributed by atoms with van der Waals surface area (Å²) in [5, 5.41) is 1.86. The molecule has 0 radical (unpaired) electrons. The maximum absolute atomic E-state index is 13.0. The molecule has 1 fully saturated rings. The van der Waals surface area contributed by atoms with Crippen molar-refractivity contribution in [3.8, 4) is 5.75 Å². The average molecular weight is 461 g/mol. The number of aromatic nitrogens is 2. The van der Waals surface area contributed by atoms with Crippen LogP contribution in [-0.4, -0.2) is 51.3 Å². The summed E-state index contributed by atoms with van der Waals surface area (Å²) in [7, 11) is 0. The number of amides is 1. The molecular formula is C25H24N4O3S. The lowest BCUT2D eigenvalue weighted by Gasteiger charge is -2.34. The molecule has 1 aliphatic rings. The van der Waals surface area contributed by atoms with Crippen LogP contribution in [0.5, 0.6) is 5.75 Å². The quantitative estimate of drug-likeness (QED) is 0.442. The molecule has 0 bridgehead atoms. The first kappa shape index (κ1) is 21.4. The van der Waals surface area contributed by atoms with Gasteiger partial charge in [-0.3, -0.25) is 18.9 Å². The number of hydrogen-bond donors (Lipinski definition) is 0. The number of fused-ring (bicyclic) bond motifs is 1. The van der Waals surface area contributed by atoms with E-state index in [2.05, 4.69) is 9.88 Å². The van der Waals surface area contributed by atoms with Gasteiger partial charge in [0.15, 0.2) is 4.96 Å². The number of hydrogen-bond acceptors (Lipinski definition) is 6. The van der Waals surface area contributed by atoms with Crippen molar-refractivity contribution in [1.82, 2.24) is 19.2 Å². The lowest BCUT2D eigenvalue weighted by atomic mass is 10.1. The van der Waals surface area contributed by atoms with Crippen molar-refractivity contribution in [3.63, 3.8) is 0 Å². The van der Waals surface area contributed by atoms with Gasteiger partial charge in [-0.05, 0) is 23.8 Å². The van der Waals surface area contributed by atoms with Crippen LogP contribution in [0.4, 0.5) is 0 Å². The second-order valence-electron chi connectivity index (χ2n) is 8.01. The highest BCUT2D eigenvalue weighted by molar-refractivity contribution is 7.15. The Morgan fingerprint density at radius 1 is 1.00 bits per heavy atom. The van der Waals surface area contributed by atoms with E-state index in [0.29, 0.717) is 42.5 Å². The highest BCUT2D eigenvalue weighted by atomic mass is 32.1. The van der Waals surface area contributed by atoms with E-state index in [4.69, 9.17) is 4.74 Å². The zero-order valence-corrected chi connectivity index (χ0v) is 18.9. The lowest BCUT2D eigenvalue weighted by Crippen LogP contribution is -2.48. The third kappa shape index (κ3) is 4.97. The molecule has 0 aliphatic carbocycles. The molecule has 3 heterocycles. The second kappa shape index (κ2) is 9.56. The van der Waals surface area contributed by atoms with E-state index in [1.807, 2.05) is 64.9 Å². The van der Waals surface area contributed by atoms with Gasteiger partial charge < -0.3 is 9.64 Å². The molecule has 1 saturated heterocycles. The minimum absolute atomic E-state index is 0.0104. The van der Waals surface area contributed by atoms with E-state index in [1.165, 1.54) is 11.3 Å². The van der Waals surface area contributed by atoms with Gasteiger partial charge in [-0.1, -0.05) is 36.4 Å². The number of carbonyl (C=O) groups excluding carboxylic acids is 1. The molecule has 0 N–H and O–H groups in total. The van der Waals surface area contributed by atoms with Gasteiger partial charge in [0.1, 0.15) is 12.4 Å². The Hall–Kier alpha value is -3.49. The van der Waals surface area contributed by atoms with Gasteiger partial charge in [0.25, 0.3) is 11.5 Å². The fourth-order valence-electron chi connectivity index (χ4n) is 3.95. The third-order valence-electron chi connectivity index (χ3n) is 5.73. The Kier molecular flexibility index (Phi) is 6.19. The van der Waals surface area contributed by atoms with E-state index >= 15 is 0 Å². The molecule has 168 valence electrons. The van der Waals surface area contributed by atoms with Crippen LogP contribution in [0.3, 0.4) is 0 Å². The van der Waals surface area contributed by atoms with Crippen molar-refractivity contribution in [2.75, 3.05) is 26.2 Å². The minimum atomic E-state index is -0.0561. The van der Waals surface area contributed by atoms with Gasteiger partial charge in [0, 0.05) is 55.9 Å². The average Bonchev–Trinajstić information content (AvgIpc) is 3.33. The number of nitrogens with zero attached hydrogens (tertiary/aromatic N) is 4. The highest BCUT2D eigenvalue weighted by Gasteiger charge is 2.23. The van der Waals surface area contributed by atoms with Crippen LogP contribution in [0.1, 0.15) is 21.6 Å². The molecule has 2 aromatic carbocycles. The summed E-state index contributed by atoms with van der Waals surface area (Å²) in [6.07, 6.45) is 1.74. The molecule has 33 heavy (non-hydrogen) atoms. The Bertz CT molecular complexity index is 1310. The van der Waals surface area contributed by atoms with Gasteiger partial charge in [0.05, 0.1) is 5.69 Å². The normalized spacial score (nSPS) is 14.5. The second-order valence-corrected chi connectivity index (χ2v) is 8.88. The molecule has 5 rings (SSSR count). The summed E-state index contributed by atoms with van der Waals surface area (Å²) in [5.74, 6) is 0.695. The minimum Gasteiger partial charge on any atom is -0.489 e. The molecule has 1 amide bonds. The molecule has 0 spiro atoms. The summed E-state index contributed by atoms with van der Waals surface area (Å²) in [5.41, 5.74) is 2.43. The van der Waals surface area contributed by atoms with Gasteiger partial charge in [-0.15, -0.1) is 11.3 Å². The summed E-state index contributed by atoms with van der Waals surface area (Å²) in [4.78, 5) is 34.7. The first-order valence-electron chi connectivity index (χ1n) is 10.9. The van der Waals surface area contributed by atoms with E-state index in [1.54, 1.807) is 16.7 Å². The predicted octanol–water partition coefficient (Wildman–Crippen LogP) is 3.29. The van der Waals surface area contributed by atoms with Crippen molar-refractivity contribution in [2.45, 2.75) is 13.2 Å². The van der Waals surface area contributed by atoms with Crippen LogP contribution >= 0.6 is 11.3 Å². The summed E-state index contributed by atoms with van der Waals surface area (Å²) in [6, 6.07) is 18.9. The Balaban J connectivity index is 1.17. The summed E-state index contributed by atoms with van der Waals surface area (Å²) >= 11 is 1.45. The van der Waals surface area contributed by atoms with E-state index in [0.717, 1.165) is 24.3 Å². The molecule has 1 aliphatic heterocycles. The van der Waals surface area contributed by atoms with Crippen molar-refractivity contribution in [3.05, 3.63) is 99.4 Å². The van der Waals surface area contributed by atoms with Gasteiger partial charge >= 0.3 is 0 Å². The Labute approximate surface area is 195 Å². The number of piperazine rings is 1. The molecule has 4 aromatic rings. The van der Waals surface area contributed by atoms with Crippen LogP contribution in [-0.2, 0) is 13.2 Å². The monoisotopic (exact) mass is 460 g/mol. The van der Waals surface area contributed by atoms with Gasteiger partial charge in [-0.25, -0.2) is 4.98 Å². The van der Waals surface area contributed by atoms with Crippen molar-refractivity contribution >= 4 is 22.2 Å². The van der Waals surface area contributed by atoms with Crippen LogP contribution < -0.4 is 10.3 Å². The summed E-state index contributed by atoms with van der Waals surface area (Å²) < 4.78 is 7.43. The van der Waals surface area contributed by atoms with Gasteiger partial charge in [0.2, 0.25) is 0 Å². The number of thiazole rings is 1. The Morgan fingerprint density at radius 3 is 2.64 bits per heavy atom. The SMILES string of the molecule is O=C(c1cccc(OCc2ccccc2)c1)N1CCN(Cc2cc(=O)n3ccsc3n2)CC1. The topological polar surface area (TPSA) is 67.2 Å². The largest absolute Gasteiger partial charge is 0.489 e. The standard InChI is InChI=1S/C25H24N4O3S/c30-23-16-21(26-25-29(23)13-14-33-25)17-27-9-11-28(12-10-27)24(31)20-7-4-8-22(15-20)32-18-19-5-2-1-3-6-19/h1-8,13-16H,9-12,17-18H2. The molecular weight excluding hydrogens is 436 g/mol. The lowest BCUT2D eigenvalue weighted by molar-refractivity contribution is 0.0626. The fraction of sp³-hybridized carbons (Fsp3) is 0.240. The van der Waals surface area contributed by atoms with Crippen LogP contribution in [0.25, 0.3) is 4.96 Å². The molecule has 7 nitrogen and oxygen atoms in total.